The number of pyridine rings is 2. The van der Waals surface area contributed by atoms with Crippen molar-refractivity contribution >= 4 is 33.6 Å². The predicted molar refractivity (Wildman–Crippen MR) is 248 cm³/mol. The molecule has 12 nitrogen and oxygen atoms in total. The van der Waals surface area contributed by atoms with Crippen LogP contribution in [0.3, 0.4) is 0 Å². The average Bonchev–Trinajstić information content (AvgIpc) is 3.98. The van der Waals surface area contributed by atoms with E-state index in [9.17, 15) is 35.9 Å². The maximum absolute atomic E-state index is 14.9. The fourth-order valence-electron chi connectivity index (χ4n) is 8.80. The normalized spacial score (nSPS) is 15.9. The molecule has 10 rings (SSSR count). The van der Waals surface area contributed by atoms with Gasteiger partial charge in [-0.2, -0.15) is 10.2 Å². The van der Waals surface area contributed by atoms with E-state index in [-0.39, 0.29) is 35.1 Å². The van der Waals surface area contributed by atoms with Crippen molar-refractivity contribution in [1.29, 1.82) is 0 Å². The minimum atomic E-state index is -0.684. The molecule has 2 aliphatic rings. The van der Waals surface area contributed by atoms with Crippen LogP contribution >= 0.6 is 0 Å². The SMILES string of the molecule is C=CC(=O)N1CCC[C@@H](c2nn(-c3ccc(Oc4cc(F)ccc4F)cc3)c3cncc(F)c23)C1.C=CC(=O)N1CCC[C@H](c2nn(-c3ccc(Oc4cc(F)ccc4F)cc3)c3cncc(F)c23)C1. The van der Waals surface area contributed by atoms with E-state index < -0.39 is 34.9 Å². The van der Waals surface area contributed by atoms with Gasteiger partial charge in [-0.25, -0.2) is 35.7 Å². The highest BCUT2D eigenvalue weighted by molar-refractivity contribution is 5.88. The van der Waals surface area contributed by atoms with Crippen molar-refractivity contribution in [1.82, 2.24) is 39.3 Å². The first-order valence-electron chi connectivity index (χ1n) is 22.2. The lowest BCUT2D eigenvalue weighted by Crippen LogP contribution is -2.38. The number of aromatic nitrogens is 6. The van der Waals surface area contributed by atoms with Gasteiger partial charge in [-0.1, -0.05) is 13.2 Å². The summed E-state index contributed by atoms with van der Waals surface area (Å²) in [5, 5.41) is 10.2. The molecule has 8 aromatic rings. The minimum absolute atomic E-state index is 0.146. The van der Waals surface area contributed by atoms with Crippen LogP contribution in [0.5, 0.6) is 23.0 Å². The molecule has 0 radical (unpaired) electrons. The Morgan fingerprint density at radius 2 is 0.943 bits per heavy atom. The topological polar surface area (TPSA) is 120 Å². The smallest absolute Gasteiger partial charge is 0.245 e. The quantitative estimate of drug-likeness (QED) is 0.0982. The van der Waals surface area contributed by atoms with Gasteiger partial charge in [0.1, 0.15) is 23.1 Å². The van der Waals surface area contributed by atoms with E-state index in [0.717, 1.165) is 74.5 Å². The van der Waals surface area contributed by atoms with Gasteiger partial charge in [-0.15, -0.1) is 0 Å². The second kappa shape index (κ2) is 20.1. The molecule has 0 bridgehead atoms. The number of carbonyl (C=O) groups is 2. The van der Waals surface area contributed by atoms with Crippen LogP contribution in [0.2, 0.25) is 0 Å². The third-order valence-corrected chi connectivity index (χ3v) is 12.1. The van der Waals surface area contributed by atoms with Crippen molar-refractivity contribution < 1.29 is 45.4 Å². The van der Waals surface area contributed by atoms with E-state index in [4.69, 9.17) is 19.7 Å². The minimum Gasteiger partial charge on any atom is -0.454 e. The van der Waals surface area contributed by atoms with E-state index in [1.807, 2.05) is 0 Å². The molecule has 2 aliphatic heterocycles. The molecule has 6 heterocycles. The fourth-order valence-corrected chi connectivity index (χ4v) is 8.80. The van der Waals surface area contributed by atoms with Gasteiger partial charge in [0.05, 0.1) is 69.4 Å². The zero-order valence-corrected chi connectivity index (χ0v) is 37.3. The summed E-state index contributed by atoms with van der Waals surface area (Å²) in [6.07, 6.45) is 11.0. The summed E-state index contributed by atoms with van der Waals surface area (Å²) < 4.78 is 98.7. The van der Waals surface area contributed by atoms with E-state index in [0.29, 0.717) is 82.2 Å². The Morgan fingerprint density at radius 3 is 1.33 bits per heavy atom. The van der Waals surface area contributed by atoms with Gasteiger partial charge in [0.2, 0.25) is 11.8 Å². The van der Waals surface area contributed by atoms with Crippen LogP contribution in [0.25, 0.3) is 33.2 Å². The highest BCUT2D eigenvalue weighted by atomic mass is 19.1. The molecular weight excluding hydrogens is 915 g/mol. The first-order valence-corrected chi connectivity index (χ1v) is 22.2. The maximum atomic E-state index is 14.9. The lowest BCUT2D eigenvalue weighted by Gasteiger charge is -2.31. The summed E-state index contributed by atoms with van der Waals surface area (Å²) in [6, 6.07) is 19.0. The van der Waals surface area contributed by atoms with Gasteiger partial charge < -0.3 is 19.3 Å². The highest BCUT2D eigenvalue weighted by Crippen LogP contribution is 2.37. The molecular formula is C52H42F6N8O4. The Balaban J connectivity index is 0.000000174. The number of amides is 2. The second-order valence-corrected chi connectivity index (χ2v) is 16.6. The number of ether oxygens (including phenoxy) is 2. The maximum Gasteiger partial charge on any atom is 0.245 e. The molecule has 0 aliphatic carbocycles. The van der Waals surface area contributed by atoms with Crippen molar-refractivity contribution in [2.45, 2.75) is 37.5 Å². The molecule has 0 spiro atoms. The highest BCUT2D eigenvalue weighted by Gasteiger charge is 2.31. The number of hydrogen-bond donors (Lipinski definition) is 0. The summed E-state index contributed by atoms with van der Waals surface area (Å²) in [7, 11) is 0. The summed E-state index contributed by atoms with van der Waals surface area (Å²) in [5.74, 6) is -4.05. The molecule has 0 unspecified atom stereocenters. The van der Waals surface area contributed by atoms with Crippen molar-refractivity contribution in [2.24, 2.45) is 0 Å². The molecule has 2 fully saturated rings. The zero-order chi connectivity index (χ0) is 49.1. The van der Waals surface area contributed by atoms with Gasteiger partial charge in [-0.3, -0.25) is 19.6 Å². The Labute approximate surface area is 396 Å². The monoisotopic (exact) mass is 956 g/mol. The summed E-state index contributed by atoms with van der Waals surface area (Å²) in [5.41, 5.74) is 3.30. The molecule has 356 valence electrons. The number of carbonyl (C=O) groups excluding carboxylic acids is 2. The molecule has 70 heavy (non-hydrogen) atoms. The Morgan fingerprint density at radius 1 is 0.543 bits per heavy atom. The van der Waals surface area contributed by atoms with E-state index in [1.54, 1.807) is 67.7 Å². The van der Waals surface area contributed by atoms with Gasteiger partial charge in [0.15, 0.2) is 34.8 Å². The number of likely N-dealkylation sites (tertiary alicyclic amines) is 2. The molecule has 4 aromatic carbocycles. The summed E-state index contributed by atoms with van der Waals surface area (Å²) in [4.78, 5) is 35.7. The van der Waals surface area contributed by atoms with Gasteiger partial charge in [-0.05, 0) is 111 Å². The van der Waals surface area contributed by atoms with E-state index in [2.05, 4.69) is 23.1 Å². The third-order valence-electron chi connectivity index (χ3n) is 12.1. The van der Waals surface area contributed by atoms with Crippen molar-refractivity contribution in [3.8, 4) is 34.4 Å². The number of piperidine rings is 2. The molecule has 4 aromatic heterocycles. The molecule has 18 heteroatoms. The largest absolute Gasteiger partial charge is 0.454 e. The Hall–Kier alpha value is -8.28. The first-order chi connectivity index (χ1) is 33.9. The third kappa shape index (κ3) is 9.70. The van der Waals surface area contributed by atoms with Crippen molar-refractivity contribution in [2.75, 3.05) is 26.2 Å². The first kappa shape index (κ1) is 46.8. The van der Waals surface area contributed by atoms with Crippen LogP contribution in [0.15, 0.2) is 135 Å². The number of fused-ring (bicyclic) bond motifs is 2. The lowest BCUT2D eigenvalue weighted by atomic mass is 9.93. The van der Waals surface area contributed by atoms with Gasteiger partial charge >= 0.3 is 0 Å². The second-order valence-electron chi connectivity index (χ2n) is 16.6. The number of halogens is 6. The molecule has 2 saturated heterocycles. The van der Waals surface area contributed by atoms with Gasteiger partial charge in [0.25, 0.3) is 0 Å². The standard InChI is InChI=1S/2C26H21F3N4O2/c2*1-2-24(34)32-11-3-4-16(15-32)26-25-21(29)13-30-14-22(25)33(31-26)18-6-8-19(9-7-18)35-23-12-17(27)5-10-20(23)28/h2*2,5-10,12-14,16H,1,3-4,11,15H2/t2*16-/m10/s1. The Kier molecular flexibility index (Phi) is 13.5. The molecule has 0 N–H and O–H groups in total. The summed E-state index contributed by atoms with van der Waals surface area (Å²) in [6.45, 7) is 9.20. The van der Waals surface area contributed by atoms with Crippen LogP contribution in [0.1, 0.15) is 48.9 Å². The van der Waals surface area contributed by atoms with E-state index in [1.165, 1.54) is 24.5 Å². The molecule has 2 amide bonds. The molecule has 0 saturated carbocycles. The predicted octanol–water partition coefficient (Wildman–Crippen LogP) is 11.0. The van der Waals surface area contributed by atoms with Crippen molar-refractivity contribution in [3.63, 3.8) is 0 Å². The average molecular weight is 957 g/mol. The number of hydrogen-bond acceptors (Lipinski definition) is 8. The van der Waals surface area contributed by atoms with E-state index >= 15 is 0 Å². The van der Waals surface area contributed by atoms with Crippen LogP contribution in [0, 0.1) is 34.9 Å². The van der Waals surface area contributed by atoms with Crippen LogP contribution in [-0.4, -0.2) is 77.3 Å². The number of nitrogens with zero attached hydrogens (tertiary/aromatic N) is 8. The fraction of sp³-hybridized carbons (Fsp3) is 0.192. The lowest BCUT2D eigenvalue weighted by molar-refractivity contribution is -0.127. The summed E-state index contributed by atoms with van der Waals surface area (Å²) >= 11 is 0. The van der Waals surface area contributed by atoms with Crippen LogP contribution < -0.4 is 9.47 Å². The number of benzene rings is 4. The molecule has 2 atom stereocenters. The van der Waals surface area contributed by atoms with Crippen LogP contribution in [0.4, 0.5) is 26.3 Å². The zero-order valence-electron chi connectivity index (χ0n) is 37.3. The van der Waals surface area contributed by atoms with Crippen molar-refractivity contribution in [3.05, 3.63) is 181 Å². The van der Waals surface area contributed by atoms with Gasteiger partial charge in [0, 0.05) is 50.1 Å². The van der Waals surface area contributed by atoms with Crippen LogP contribution in [-0.2, 0) is 9.59 Å². The number of rotatable bonds is 10. The Bertz CT molecular complexity index is 3050.